The molecule has 4 heteroatoms. The lowest BCUT2D eigenvalue weighted by Crippen LogP contribution is -2.08. The highest BCUT2D eigenvalue weighted by Crippen LogP contribution is 2.02. The maximum Gasteiger partial charge on any atom is 0.513 e. The summed E-state index contributed by atoms with van der Waals surface area (Å²) in [7, 11) is 0. The predicted molar refractivity (Wildman–Crippen MR) is 54.2 cm³/mol. The van der Waals surface area contributed by atoms with Crippen LogP contribution in [0.5, 0.6) is 0 Å². The summed E-state index contributed by atoms with van der Waals surface area (Å²) < 4.78 is 3.91. The molecular weight excluding hydrogens is 196 g/mol. The Morgan fingerprint density at radius 2 is 1.93 bits per heavy atom. The smallest absolute Gasteiger partial charge is 0.449 e. The Labute approximate surface area is 86.8 Å². The van der Waals surface area contributed by atoms with Crippen LogP contribution in [0.25, 0.3) is 6.08 Å². The lowest BCUT2D eigenvalue weighted by atomic mass is 10.2. The van der Waals surface area contributed by atoms with Crippen molar-refractivity contribution in [3.05, 3.63) is 42.0 Å². The molecule has 0 spiro atoms. The lowest BCUT2D eigenvalue weighted by molar-refractivity contribution is -0.137. The molecule has 0 fully saturated rings. The van der Waals surface area contributed by atoms with Gasteiger partial charge in [-0.05, 0) is 5.56 Å². The van der Waals surface area contributed by atoms with Crippen LogP contribution >= 0.6 is 0 Å². The monoisotopic (exact) mass is 206 g/mol. The topological polar surface area (TPSA) is 63.6 Å². The number of esters is 1. The van der Waals surface area contributed by atoms with Crippen molar-refractivity contribution in [1.82, 2.24) is 0 Å². The summed E-state index contributed by atoms with van der Waals surface area (Å²) >= 11 is 0. The van der Waals surface area contributed by atoms with E-state index in [0.717, 1.165) is 5.56 Å². The Hall–Kier alpha value is -2.10. The van der Waals surface area contributed by atoms with Crippen molar-refractivity contribution in [3.63, 3.8) is 0 Å². The Balaban J connectivity index is 2.40. The minimum absolute atomic E-state index is 0.0544. The molecule has 0 saturated heterocycles. The van der Waals surface area contributed by atoms with Gasteiger partial charge in [0.05, 0.1) is 6.42 Å². The van der Waals surface area contributed by atoms with Crippen LogP contribution in [0.2, 0.25) is 0 Å². The molecule has 0 aliphatic rings. The first-order valence-electron chi connectivity index (χ1n) is 4.33. The molecule has 1 rings (SSSR count). The first-order valence-corrected chi connectivity index (χ1v) is 4.33. The van der Waals surface area contributed by atoms with E-state index in [4.69, 9.17) is 5.11 Å². The van der Waals surface area contributed by atoms with Gasteiger partial charge in [0.15, 0.2) is 0 Å². The average Bonchev–Trinajstić information content (AvgIpc) is 2.18. The van der Waals surface area contributed by atoms with Gasteiger partial charge in [0.2, 0.25) is 0 Å². The van der Waals surface area contributed by atoms with E-state index < -0.39 is 12.1 Å². The fraction of sp³-hybridized carbons (Fsp3) is 0.0909. The molecule has 0 aliphatic carbocycles. The van der Waals surface area contributed by atoms with Crippen molar-refractivity contribution in [2.75, 3.05) is 0 Å². The minimum Gasteiger partial charge on any atom is -0.449 e. The van der Waals surface area contributed by atoms with E-state index in [2.05, 4.69) is 4.74 Å². The van der Waals surface area contributed by atoms with Crippen molar-refractivity contribution in [2.45, 2.75) is 6.42 Å². The van der Waals surface area contributed by atoms with Crippen LogP contribution in [0.3, 0.4) is 0 Å². The molecule has 1 aromatic carbocycles. The van der Waals surface area contributed by atoms with Gasteiger partial charge in [0.25, 0.3) is 0 Å². The molecule has 0 heterocycles. The summed E-state index contributed by atoms with van der Waals surface area (Å²) in [6, 6.07) is 9.37. The zero-order valence-electron chi connectivity index (χ0n) is 7.92. The van der Waals surface area contributed by atoms with E-state index in [1.807, 2.05) is 30.3 Å². The third kappa shape index (κ3) is 4.61. The SMILES string of the molecule is O=C(O)OC(=O)C/C=C/c1ccccc1. The number of carbonyl (C=O) groups is 2. The molecule has 0 aromatic heterocycles. The predicted octanol–water partition coefficient (Wildman–Crippen LogP) is 2.31. The van der Waals surface area contributed by atoms with E-state index in [-0.39, 0.29) is 6.42 Å². The first kappa shape index (κ1) is 11.0. The highest BCUT2D eigenvalue weighted by Gasteiger charge is 2.04. The van der Waals surface area contributed by atoms with Gasteiger partial charge in [-0.1, -0.05) is 42.5 Å². The molecule has 0 saturated carbocycles. The third-order valence-electron chi connectivity index (χ3n) is 1.60. The number of hydrogen-bond donors (Lipinski definition) is 1. The van der Waals surface area contributed by atoms with E-state index in [1.165, 1.54) is 0 Å². The Morgan fingerprint density at radius 1 is 1.27 bits per heavy atom. The number of carboxylic acid groups (broad SMARTS) is 1. The summed E-state index contributed by atoms with van der Waals surface area (Å²) in [5, 5.41) is 8.13. The van der Waals surface area contributed by atoms with Crippen LogP contribution in [0, 0.1) is 0 Å². The number of hydrogen-bond acceptors (Lipinski definition) is 3. The molecule has 0 radical (unpaired) electrons. The highest BCUT2D eigenvalue weighted by molar-refractivity contribution is 5.82. The zero-order chi connectivity index (χ0) is 11.1. The van der Waals surface area contributed by atoms with Gasteiger partial charge >= 0.3 is 12.1 Å². The van der Waals surface area contributed by atoms with Crippen molar-refractivity contribution in [3.8, 4) is 0 Å². The fourth-order valence-corrected chi connectivity index (χ4v) is 0.994. The molecule has 15 heavy (non-hydrogen) atoms. The first-order chi connectivity index (χ1) is 7.18. The van der Waals surface area contributed by atoms with Crippen LogP contribution in [0.4, 0.5) is 4.79 Å². The third-order valence-corrected chi connectivity index (χ3v) is 1.60. The molecule has 0 unspecified atom stereocenters. The number of rotatable bonds is 3. The van der Waals surface area contributed by atoms with Crippen molar-refractivity contribution >= 4 is 18.2 Å². The maximum atomic E-state index is 10.8. The second-order valence-corrected chi connectivity index (χ2v) is 2.76. The standard InChI is InChI=1S/C11H10O4/c12-10(15-11(13)14)8-4-7-9-5-2-1-3-6-9/h1-7H,8H2,(H,13,14)/b7-4+. The number of benzene rings is 1. The molecule has 1 aromatic rings. The van der Waals surface area contributed by atoms with Gasteiger partial charge in [-0.3, -0.25) is 4.79 Å². The zero-order valence-corrected chi connectivity index (χ0v) is 7.92. The molecule has 4 nitrogen and oxygen atoms in total. The number of ether oxygens (including phenoxy) is 1. The van der Waals surface area contributed by atoms with Gasteiger partial charge in [-0.2, -0.15) is 0 Å². The number of carbonyl (C=O) groups excluding carboxylic acids is 1. The largest absolute Gasteiger partial charge is 0.513 e. The summed E-state index contributed by atoms with van der Waals surface area (Å²) in [4.78, 5) is 20.8. The molecular formula is C11H10O4. The fourth-order valence-electron chi connectivity index (χ4n) is 0.994. The van der Waals surface area contributed by atoms with Crippen molar-refractivity contribution < 1.29 is 19.4 Å². The van der Waals surface area contributed by atoms with Crippen LogP contribution in [0.1, 0.15) is 12.0 Å². The minimum atomic E-state index is -1.58. The van der Waals surface area contributed by atoms with Gasteiger partial charge in [-0.15, -0.1) is 0 Å². The van der Waals surface area contributed by atoms with Crippen LogP contribution in [-0.2, 0) is 9.53 Å². The lowest BCUT2D eigenvalue weighted by Gasteiger charge is -1.94. The summed E-state index contributed by atoms with van der Waals surface area (Å²) in [6.45, 7) is 0. The van der Waals surface area contributed by atoms with Crippen LogP contribution < -0.4 is 0 Å². The van der Waals surface area contributed by atoms with Crippen LogP contribution in [-0.4, -0.2) is 17.2 Å². The van der Waals surface area contributed by atoms with Gasteiger partial charge < -0.3 is 9.84 Å². The van der Waals surface area contributed by atoms with E-state index in [1.54, 1.807) is 12.2 Å². The summed E-state index contributed by atoms with van der Waals surface area (Å²) in [5.41, 5.74) is 0.945. The van der Waals surface area contributed by atoms with Gasteiger partial charge in [-0.25, -0.2) is 4.79 Å². The van der Waals surface area contributed by atoms with Gasteiger partial charge in [0, 0.05) is 0 Å². The molecule has 0 amide bonds. The molecule has 0 bridgehead atoms. The van der Waals surface area contributed by atoms with E-state index in [9.17, 15) is 9.59 Å². The van der Waals surface area contributed by atoms with E-state index in [0.29, 0.717) is 0 Å². The second-order valence-electron chi connectivity index (χ2n) is 2.76. The molecule has 0 aliphatic heterocycles. The molecule has 78 valence electrons. The molecule has 1 N–H and O–H groups in total. The quantitative estimate of drug-likeness (QED) is 0.608. The summed E-state index contributed by atoms with van der Waals surface area (Å²) in [5.74, 6) is -0.783. The Bertz CT molecular complexity index is 367. The Kier molecular flexibility index (Phi) is 4.09. The maximum absolute atomic E-state index is 10.8. The summed E-state index contributed by atoms with van der Waals surface area (Å²) in [6.07, 6.45) is 1.65. The Morgan fingerprint density at radius 3 is 2.53 bits per heavy atom. The van der Waals surface area contributed by atoms with Crippen LogP contribution in [0.15, 0.2) is 36.4 Å². The highest BCUT2D eigenvalue weighted by atomic mass is 16.7. The second kappa shape index (κ2) is 5.59. The molecule has 0 atom stereocenters. The van der Waals surface area contributed by atoms with Crippen molar-refractivity contribution in [1.29, 1.82) is 0 Å². The van der Waals surface area contributed by atoms with Crippen molar-refractivity contribution in [2.24, 2.45) is 0 Å². The van der Waals surface area contributed by atoms with Gasteiger partial charge in [0.1, 0.15) is 0 Å². The average molecular weight is 206 g/mol. The normalized spacial score (nSPS) is 10.1. The van der Waals surface area contributed by atoms with E-state index >= 15 is 0 Å².